The second-order valence-corrected chi connectivity index (χ2v) is 4.77. The van der Waals surface area contributed by atoms with Crippen molar-refractivity contribution in [3.8, 4) is 0 Å². The van der Waals surface area contributed by atoms with Crippen LogP contribution in [0.5, 0.6) is 0 Å². The highest BCUT2D eigenvalue weighted by Crippen LogP contribution is 2.29. The maximum absolute atomic E-state index is 11.0. The zero-order chi connectivity index (χ0) is 10.4. The molecule has 0 amide bonds. The summed E-state index contributed by atoms with van der Waals surface area (Å²) in [6, 6.07) is 9.88. The van der Waals surface area contributed by atoms with Crippen molar-refractivity contribution in [3.63, 3.8) is 0 Å². The molecule has 76 valence electrons. The van der Waals surface area contributed by atoms with Crippen LogP contribution in [-0.2, 0) is 11.0 Å². The van der Waals surface area contributed by atoms with Crippen molar-refractivity contribution in [2.24, 2.45) is 0 Å². The van der Waals surface area contributed by atoms with Crippen LogP contribution in [0, 0.1) is 0 Å². The third-order valence-electron chi connectivity index (χ3n) is 2.25. The Balaban J connectivity index is 2.60. The van der Waals surface area contributed by atoms with E-state index in [4.69, 9.17) is 4.89 Å². The molecule has 1 aromatic rings. The monoisotopic (exact) mass is 211 g/mol. The van der Waals surface area contributed by atoms with Crippen molar-refractivity contribution in [2.45, 2.75) is 31.8 Å². The van der Waals surface area contributed by atoms with Gasteiger partial charge in [0.25, 0.3) is 0 Å². The molecule has 3 heteroatoms. The van der Waals surface area contributed by atoms with Crippen molar-refractivity contribution in [3.05, 3.63) is 35.9 Å². The molecule has 0 aliphatic carbocycles. The van der Waals surface area contributed by atoms with Crippen molar-refractivity contribution in [1.82, 2.24) is 0 Å². The van der Waals surface area contributed by atoms with Gasteiger partial charge in [-0.3, -0.25) is 0 Å². The van der Waals surface area contributed by atoms with Gasteiger partial charge >= 0.3 is 8.03 Å². The van der Waals surface area contributed by atoms with Gasteiger partial charge in [0.2, 0.25) is 0 Å². The SMILES string of the molecule is CCC[C@@H](Cc1ccccc1)[P+](=O)O. The minimum Gasteiger partial charge on any atom is -0.161 e. The Labute approximate surface area is 85.8 Å². The molecule has 1 aromatic carbocycles. The highest BCUT2D eigenvalue weighted by Gasteiger charge is 2.27. The molecule has 0 radical (unpaired) electrons. The molecular weight excluding hydrogens is 195 g/mol. The van der Waals surface area contributed by atoms with E-state index >= 15 is 0 Å². The molecule has 1 unspecified atom stereocenters. The Kier molecular flexibility index (Phi) is 4.78. The maximum atomic E-state index is 11.0. The van der Waals surface area contributed by atoms with Crippen LogP contribution in [0.25, 0.3) is 0 Å². The van der Waals surface area contributed by atoms with Crippen molar-refractivity contribution in [2.75, 3.05) is 0 Å². The van der Waals surface area contributed by atoms with E-state index < -0.39 is 8.03 Å². The number of hydrogen-bond acceptors (Lipinski definition) is 1. The quantitative estimate of drug-likeness (QED) is 0.759. The Morgan fingerprint density at radius 1 is 1.36 bits per heavy atom. The molecule has 0 spiro atoms. The van der Waals surface area contributed by atoms with Crippen molar-refractivity contribution >= 4 is 8.03 Å². The minimum absolute atomic E-state index is 0.0857. The molecule has 0 saturated carbocycles. The maximum Gasteiger partial charge on any atom is 0.509 e. The van der Waals surface area contributed by atoms with Gasteiger partial charge in [-0.05, 0) is 16.5 Å². The summed E-state index contributed by atoms with van der Waals surface area (Å²) in [6.07, 6.45) is 2.49. The fraction of sp³-hybridized carbons (Fsp3) is 0.455. The molecule has 0 aliphatic heterocycles. The lowest BCUT2D eigenvalue weighted by atomic mass is 10.1. The fourth-order valence-corrected chi connectivity index (χ4v) is 2.36. The minimum atomic E-state index is -2.04. The van der Waals surface area contributed by atoms with Crippen LogP contribution in [0.2, 0.25) is 0 Å². The second-order valence-electron chi connectivity index (χ2n) is 3.43. The van der Waals surface area contributed by atoms with E-state index in [1.807, 2.05) is 37.3 Å². The van der Waals surface area contributed by atoms with Gasteiger partial charge in [0.1, 0.15) is 0 Å². The third kappa shape index (κ3) is 3.57. The summed E-state index contributed by atoms with van der Waals surface area (Å²) in [5.74, 6) is 0. The molecule has 0 heterocycles. The average molecular weight is 211 g/mol. The van der Waals surface area contributed by atoms with Gasteiger partial charge in [0.15, 0.2) is 5.66 Å². The van der Waals surface area contributed by atoms with Crippen LogP contribution in [-0.4, -0.2) is 10.6 Å². The van der Waals surface area contributed by atoms with Crippen LogP contribution in [0.15, 0.2) is 30.3 Å². The van der Waals surface area contributed by atoms with Crippen LogP contribution >= 0.6 is 8.03 Å². The Bertz CT molecular complexity index is 285. The van der Waals surface area contributed by atoms with Gasteiger partial charge in [-0.15, -0.1) is 0 Å². The molecule has 2 nitrogen and oxygen atoms in total. The predicted molar refractivity (Wildman–Crippen MR) is 58.7 cm³/mol. The molecular formula is C11H16O2P+. The standard InChI is InChI=1S/C11H15O2P/c1-2-6-11(14(12)13)9-10-7-4-3-5-8-10/h3-5,7-8,11H,2,6,9H2,1H3/p+1/t11-/m0/s1. The van der Waals surface area contributed by atoms with E-state index in [0.29, 0.717) is 6.42 Å². The molecule has 1 N–H and O–H groups in total. The Morgan fingerprint density at radius 3 is 2.50 bits per heavy atom. The van der Waals surface area contributed by atoms with E-state index in [-0.39, 0.29) is 5.66 Å². The lowest BCUT2D eigenvalue weighted by Crippen LogP contribution is -2.06. The van der Waals surface area contributed by atoms with Gasteiger partial charge in [0, 0.05) is 6.42 Å². The first-order chi connectivity index (χ1) is 6.74. The van der Waals surface area contributed by atoms with Gasteiger partial charge in [-0.1, -0.05) is 43.7 Å². The Morgan fingerprint density at radius 2 is 2.00 bits per heavy atom. The van der Waals surface area contributed by atoms with Gasteiger partial charge in [-0.25, -0.2) is 0 Å². The highest BCUT2D eigenvalue weighted by atomic mass is 31.1. The second kappa shape index (κ2) is 5.90. The highest BCUT2D eigenvalue weighted by molar-refractivity contribution is 7.38. The summed E-state index contributed by atoms with van der Waals surface area (Å²) in [4.78, 5) is 9.11. The first kappa shape index (κ1) is 11.4. The summed E-state index contributed by atoms with van der Waals surface area (Å²) in [5.41, 5.74) is 1.06. The zero-order valence-corrected chi connectivity index (χ0v) is 9.28. The smallest absolute Gasteiger partial charge is 0.161 e. The topological polar surface area (TPSA) is 37.3 Å². The van der Waals surface area contributed by atoms with E-state index in [1.54, 1.807) is 0 Å². The van der Waals surface area contributed by atoms with E-state index in [9.17, 15) is 4.57 Å². The summed E-state index contributed by atoms with van der Waals surface area (Å²) in [6.45, 7) is 2.04. The lowest BCUT2D eigenvalue weighted by Gasteiger charge is -2.03. The zero-order valence-electron chi connectivity index (χ0n) is 8.39. The van der Waals surface area contributed by atoms with Crippen LogP contribution in [0.1, 0.15) is 25.3 Å². The van der Waals surface area contributed by atoms with E-state index in [1.165, 1.54) is 0 Å². The van der Waals surface area contributed by atoms with Gasteiger partial charge in [0.05, 0.1) is 0 Å². The third-order valence-corrected chi connectivity index (χ3v) is 3.31. The molecule has 1 rings (SSSR count). The molecule has 0 saturated heterocycles. The fourth-order valence-electron chi connectivity index (χ4n) is 1.51. The first-order valence-corrected chi connectivity index (χ1v) is 6.21. The molecule has 0 aliphatic rings. The molecule has 0 aromatic heterocycles. The summed E-state index contributed by atoms with van der Waals surface area (Å²) in [5, 5.41) is 0. The number of benzene rings is 1. The van der Waals surface area contributed by atoms with Crippen LogP contribution < -0.4 is 0 Å². The summed E-state index contributed by atoms with van der Waals surface area (Å²) >= 11 is 0. The normalized spacial score (nSPS) is 13.7. The largest absolute Gasteiger partial charge is 0.509 e. The summed E-state index contributed by atoms with van der Waals surface area (Å²) in [7, 11) is -2.04. The summed E-state index contributed by atoms with van der Waals surface area (Å²) < 4.78 is 11.0. The Hall–Kier alpha value is -0.720. The molecule has 0 bridgehead atoms. The number of hydrogen-bond donors (Lipinski definition) is 1. The number of rotatable bonds is 5. The molecule has 0 fully saturated rings. The van der Waals surface area contributed by atoms with Gasteiger partial charge in [-0.2, -0.15) is 4.89 Å². The average Bonchev–Trinajstić information content (AvgIpc) is 2.18. The van der Waals surface area contributed by atoms with E-state index in [0.717, 1.165) is 18.4 Å². The van der Waals surface area contributed by atoms with Crippen LogP contribution in [0.4, 0.5) is 0 Å². The van der Waals surface area contributed by atoms with Crippen molar-refractivity contribution in [1.29, 1.82) is 0 Å². The molecule has 2 atom stereocenters. The van der Waals surface area contributed by atoms with E-state index in [2.05, 4.69) is 0 Å². The predicted octanol–water partition coefficient (Wildman–Crippen LogP) is 3.13. The van der Waals surface area contributed by atoms with Gasteiger partial charge < -0.3 is 0 Å². The first-order valence-electron chi connectivity index (χ1n) is 4.93. The van der Waals surface area contributed by atoms with Crippen LogP contribution in [0.3, 0.4) is 0 Å². The lowest BCUT2D eigenvalue weighted by molar-refractivity contribution is 0.481. The molecule has 14 heavy (non-hydrogen) atoms. The van der Waals surface area contributed by atoms with Crippen molar-refractivity contribution < 1.29 is 9.46 Å².